The molecule has 1 heterocycles. The molecule has 2 aromatic carbocycles. The molecule has 1 saturated carbocycles. The Morgan fingerprint density at radius 1 is 1.12 bits per heavy atom. The summed E-state index contributed by atoms with van der Waals surface area (Å²) in [6.07, 6.45) is 4.11. The highest BCUT2D eigenvalue weighted by Gasteiger charge is 2.30. The maximum absolute atomic E-state index is 14.5. The van der Waals surface area contributed by atoms with Crippen LogP contribution in [0.2, 0.25) is 0 Å². The number of benzene rings is 2. The first-order valence-corrected chi connectivity index (χ1v) is 12.7. The van der Waals surface area contributed by atoms with Gasteiger partial charge >= 0.3 is 0 Å². The number of rotatable bonds is 5. The van der Waals surface area contributed by atoms with Gasteiger partial charge in [-0.25, -0.2) is 12.8 Å². The van der Waals surface area contributed by atoms with Gasteiger partial charge in [0, 0.05) is 17.1 Å². The lowest BCUT2D eigenvalue weighted by molar-refractivity contribution is 0.100. The van der Waals surface area contributed by atoms with Crippen molar-refractivity contribution >= 4 is 32.5 Å². The van der Waals surface area contributed by atoms with Crippen molar-refractivity contribution < 1.29 is 17.6 Å². The van der Waals surface area contributed by atoms with Crippen molar-refractivity contribution in [3.8, 4) is 11.3 Å². The van der Waals surface area contributed by atoms with E-state index in [0.717, 1.165) is 36.8 Å². The zero-order valence-electron chi connectivity index (χ0n) is 19.4. The molecule has 1 aliphatic carbocycles. The van der Waals surface area contributed by atoms with Gasteiger partial charge in [-0.05, 0) is 75.9 Å². The first-order chi connectivity index (χ1) is 15.4. The van der Waals surface area contributed by atoms with E-state index in [9.17, 15) is 17.6 Å². The Balaban J connectivity index is 1.90. The van der Waals surface area contributed by atoms with Crippen LogP contribution in [0.25, 0.3) is 22.2 Å². The number of hydrogen-bond acceptors (Lipinski definition) is 3. The van der Waals surface area contributed by atoms with Crippen LogP contribution in [0.15, 0.2) is 36.4 Å². The number of carbonyl (C=O) groups is 1. The second-order valence-corrected chi connectivity index (χ2v) is 12.2. The minimum Gasteiger partial charge on any atom is -0.366 e. The molecule has 8 heteroatoms. The van der Waals surface area contributed by atoms with E-state index in [0.29, 0.717) is 27.9 Å². The summed E-state index contributed by atoms with van der Waals surface area (Å²) < 4.78 is 43.3. The number of aryl methyl sites for hydroxylation is 1. The highest BCUT2D eigenvalue weighted by molar-refractivity contribution is 7.94. The Labute approximate surface area is 194 Å². The zero-order valence-corrected chi connectivity index (χ0v) is 20.2. The predicted octanol–water partition coefficient (Wildman–Crippen LogP) is 5.51. The average molecular weight is 472 g/mol. The Hall–Kier alpha value is -2.87. The number of fused-ring (bicyclic) bond motifs is 1. The lowest BCUT2D eigenvalue weighted by atomic mass is 10.0. The number of sulfonamides is 1. The number of halogens is 1. The third-order valence-corrected chi connectivity index (χ3v) is 8.55. The summed E-state index contributed by atoms with van der Waals surface area (Å²) in [5, 5.41) is 0.505. The van der Waals surface area contributed by atoms with Gasteiger partial charge in [0.15, 0.2) is 0 Å². The fourth-order valence-corrected chi connectivity index (χ4v) is 5.27. The second kappa shape index (κ2) is 8.17. The van der Waals surface area contributed by atoms with Gasteiger partial charge in [0.05, 0.1) is 21.5 Å². The van der Waals surface area contributed by atoms with Gasteiger partial charge in [0.2, 0.25) is 10.0 Å². The summed E-state index contributed by atoms with van der Waals surface area (Å²) in [6, 6.07) is 10.2. The smallest absolute Gasteiger partial charge is 0.251 e. The molecule has 1 aliphatic rings. The van der Waals surface area contributed by atoms with Crippen LogP contribution in [0.4, 0.5) is 10.1 Å². The zero-order chi connectivity index (χ0) is 24.1. The van der Waals surface area contributed by atoms with Crippen LogP contribution < -0.4 is 10.5 Å². The summed E-state index contributed by atoms with van der Waals surface area (Å²) in [6.45, 7) is 6.60. The lowest BCUT2D eigenvalue weighted by Gasteiger charge is -2.21. The molecule has 0 radical (unpaired) electrons. The normalized spacial score (nSPS) is 15.3. The van der Waals surface area contributed by atoms with Gasteiger partial charge in [-0.2, -0.15) is 0 Å². The molecular formula is C25H30FN3O3S. The summed E-state index contributed by atoms with van der Waals surface area (Å²) in [4.78, 5) is 12.6. The van der Waals surface area contributed by atoms with Crippen LogP contribution in [0.3, 0.4) is 0 Å². The number of anilines is 1. The molecule has 0 atom stereocenters. The van der Waals surface area contributed by atoms with Crippen LogP contribution in [0.1, 0.15) is 68.4 Å². The van der Waals surface area contributed by atoms with Gasteiger partial charge in [-0.1, -0.05) is 25.0 Å². The van der Waals surface area contributed by atoms with Crippen molar-refractivity contribution in [1.29, 1.82) is 0 Å². The van der Waals surface area contributed by atoms with E-state index in [-0.39, 0.29) is 11.9 Å². The van der Waals surface area contributed by atoms with Crippen molar-refractivity contribution in [3.05, 3.63) is 53.3 Å². The highest BCUT2D eigenvalue weighted by Crippen LogP contribution is 2.42. The van der Waals surface area contributed by atoms with Gasteiger partial charge < -0.3 is 10.3 Å². The first-order valence-electron chi connectivity index (χ1n) is 11.2. The van der Waals surface area contributed by atoms with Crippen molar-refractivity contribution in [2.24, 2.45) is 5.73 Å². The van der Waals surface area contributed by atoms with E-state index in [2.05, 4.69) is 9.29 Å². The molecule has 0 spiro atoms. The lowest BCUT2D eigenvalue weighted by Crippen LogP contribution is -2.33. The molecule has 6 nitrogen and oxygen atoms in total. The summed E-state index contributed by atoms with van der Waals surface area (Å²) >= 11 is 0. The number of carbonyl (C=O) groups excluding carboxylic acids is 1. The molecule has 0 aliphatic heterocycles. The predicted molar refractivity (Wildman–Crippen MR) is 130 cm³/mol. The van der Waals surface area contributed by atoms with Crippen LogP contribution >= 0.6 is 0 Å². The summed E-state index contributed by atoms with van der Waals surface area (Å²) in [7, 11) is -3.57. The molecule has 1 amide bonds. The van der Waals surface area contributed by atoms with Crippen molar-refractivity contribution in [1.82, 2.24) is 4.57 Å². The number of nitrogens with two attached hydrogens (primary N) is 1. The van der Waals surface area contributed by atoms with E-state index in [1.54, 1.807) is 58.0 Å². The SMILES string of the molecule is Cc1cc2c(cc1F)c(C(N)=O)c(-c1ccc(NS(=O)(=O)C(C)(C)C)cc1)n2C1CCCC1. The van der Waals surface area contributed by atoms with Crippen molar-refractivity contribution in [3.63, 3.8) is 0 Å². The van der Waals surface area contributed by atoms with Crippen molar-refractivity contribution in [2.45, 2.75) is 64.2 Å². The van der Waals surface area contributed by atoms with Crippen LogP contribution in [-0.2, 0) is 10.0 Å². The number of primary amides is 1. The number of nitrogens with zero attached hydrogens (tertiary/aromatic N) is 1. The molecule has 0 unspecified atom stereocenters. The quantitative estimate of drug-likeness (QED) is 0.514. The molecule has 0 saturated heterocycles. The van der Waals surface area contributed by atoms with Gasteiger partial charge in [0.1, 0.15) is 5.82 Å². The Kier molecular flexibility index (Phi) is 5.76. The molecule has 3 N–H and O–H groups in total. The van der Waals surface area contributed by atoms with Crippen LogP contribution in [-0.4, -0.2) is 23.6 Å². The monoisotopic (exact) mass is 471 g/mol. The van der Waals surface area contributed by atoms with E-state index in [1.807, 2.05) is 0 Å². The molecule has 0 bridgehead atoms. The van der Waals surface area contributed by atoms with E-state index < -0.39 is 20.7 Å². The van der Waals surface area contributed by atoms with E-state index in [4.69, 9.17) is 5.73 Å². The van der Waals surface area contributed by atoms with Crippen molar-refractivity contribution in [2.75, 3.05) is 4.72 Å². The van der Waals surface area contributed by atoms with Gasteiger partial charge in [-0.3, -0.25) is 9.52 Å². The molecule has 3 aromatic rings. The topological polar surface area (TPSA) is 94.2 Å². The third kappa shape index (κ3) is 4.12. The van der Waals surface area contributed by atoms with Gasteiger partial charge in [0.25, 0.3) is 5.91 Å². The second-order valence-electron chi connectivity index (χ2n) is 9.81. The number of amides is 1. The largest absolute Gasteiger partial charge is 0.366 e. The maximum atomic E-state index is 14.5. The molecule has 33 heavy (non-hydrogen) atoms. The molecule has 4 rings (SSSR count). The molecule has 176 valence electrons. The van der Waals surface area contributed by atoms with E-state index >= 15 is 0 Å². The minimum atomic E-state index is -3.57. The summed E-state index contributed by atoms with van der Waals surface area (Å²) in [5.41, 5.74) is 9.21. The van der Waals surface area contributed by atoms with Crippen LogP contribution in [0, 0.1) is 12.7 Å². The maximum Gasteiger partial charge on any atom is 0.251 e. The Bertz CT molecular complexity index is 1330. The number of aromatic nitrogens is 1. The summed E-state index contributed by atoms with van der Waals surface area (Å²) in [5.74, 6) is -1.00. The highest BCUT2D eigenvalue weighted by atomic mass is 32.2. The molecule has 1 fully saturated rings. The molecule has 1 aromatic heterocycles. The van der Waals surface area contributed by atoms with Gasteiger partial charge in [-0.15, -0.1) is 0 Å². The first kappa shape index (κ1) is 23.3. The fourth-order valence-electron chi connectivity index (χ4n) is 4.51. The molecular weight excluding hydrogens is 441 g/mol. The third-order valence-electron chi connectivity index (χ3n) is 6.44. The average Bonchev–Trinajstić information content (AvgIpc) is 3.34. The Morgan fingerprint density at radius 3 is 2.27 bits per heavy atom. The number of nitrogens with one attached hydrogen (secondary N) is 1. The number of hydrogen-bond donors (Lipinski definition) is 2. The van der Waals surface area contributed by atoms with E-state index in [1.165, 1.54) is 6.07 Å². The standard InChI is InChI=1S/C25H30FN3O3S/c1-15-13-21-19(14-20(15)26)22(24(27)30)23(29(21)18-7-5-6-8-18)16-9-11-17(12-10-16)28-33(31,32)25(2,3)4/h9-14,18,28H,5-8H2,1-4H3,(H2,27,30). The minimum absolute atomic E-state index is 0.180. The Morgan fingerprint density at radius 2 is 1.73 bits per heavy atom. The fraction of sp³-hybridized carbons (Fsp3) is 0.400. The van der Waals surface area contributed by atoms with Crippen LogP contribution in [0.5, 0.6) is 0 Å².